The number of pyridine rings is 1. The van der Waals surface area contributed by atoms with E-state index >= 15 is 0 Å². The first-order chi connectivity index (χ1) is 9.76. The Bertz CT molecular complexity index is 569. The predicted octanol–water partition coefficient (Wildman–Crippen LogP) is 2.02. The Hall–Kier alpha value is -1.95. The molecule has 0 N–H and O–H groups in total. The van der Waals surface area contributed by atoms with E-state index in [-0.39, 0.29) is 11.9 Å². The SMILES string of the molecule is CCn1cc([C@@H]2CN(c3ccc(F)cn3)CCO2)cn1. The highest BCUT2D eigenvalue weighted by atomic mass is 19.1. The van der Waals surface area contributed by atoms with Crippen LogP contribution < -0.4 is 4.90 Å². The molecule has 1 aliphatic rings. The Morgan fingerprint density at radius 1 is 1.40 bits per heavy atom. The molecule has 0 aliphatic carbocycles. The molecule has 1 saturated heterocycles. The zero-order chi connectivity index (χ0) is 13.9. The van der Waals surface area contributed by atoms with Gasteiger partial charge in [-0.3, -0.25) is 4.68 Å². The summed E-state index contributed by atoms with van der Waals surface area (Å²) in [5.74, 6) is 0.463. The molecule has 1 aliphatic heterocycles. The quantitative estimate of drug-likeness (QED) is 0.860. The molecule has 0 aromatic carbocycles. The van der Waals surface area contributed by atoms with Crippen molar-refractivity contribution in [1.29, 1.82) is 0 Å². The molecule has 0 amide bonds. The predicted molar refractivity (Wildman–Crippen MR) is 73.0 cm³/mol. The fourth-order valence-corrected chi connectivity index (χ4v) is 2.33. The molecule has 6 heteroatoms. The van der Waals surface area contributed by atoms with Gasteiger partial charge < -0.3 is 9.64 Å². The molecule has 0 spiro atoms. The minimum absolute atomic E-state index is 0.0177. The van der Waals surface area contributed by atoms with Gasteiger partial charge in [-0.25, -0.2) is 9.37 Å². The van der Waals surface area contributed by atoms with Crippen molar-refractivity contribution in [1.82, 2.24) is 14.8 Å². The van der Waals surface area contributed by atoms with Crippen LogP contribution in [0.5, 0.6) is 0 Å². The molecule has 3 rings (SSSR count). The average molecular weight is 276 g/mol. The molecule has 2 aromatic rings. The van der Waals surface area contributed by atoms with Gasteiger partial charge in [0.15, 0.2) is 0 Å². The number of hydrogen-bond donors (Lipinski definition) is 0. The summed E-state index contributed by atoms with van der Waals surface area (Å²) in [5, 5.41) is 4.27. The number of rotatable bonds is 3. The van der Waals surface area contributed by atoms with Gasteiger partial charge in [-0.2, -0.15) is 5.10 Å². The number of halogens is 1. The van der Waals surface area contributed by atoms with Gasteiger partial charge in [0.1, 0.15) is 17.7 Å². The Kier molecular flexibility index (Phi) is 3.64. The highest BCUT2D eigenvalue weighted by Crippen LogP contribution is 2.24. The summed E-state index contributed by atoms with van der Waals surface area (Å²) >= 11 is 0. The first kappa shape index (κ1) is 13.1. The third-order valence-electron chi connectivity index (χ3n) is 3.45. The summed E-state index contributed by atoms with van der Waals surface area (Å²) in [5.41, 5.74) is 1.07. The Labute approximate surface area is 117 Å². The van der Waals surface area contributed by atoms with Gasteiger partial charge in [-0.15, -0.1) is 0 Å². The van der Waals surface area contributed by atoms with Crippen LogP contribution >= 0.6 is 0 Å². The number of ether oxygens (including phenoxy) is 1. The van der Waals surface area contributed by atoms with Crippen molar-refractivity contribution in [2.24, 2.45) is 0 Å². The normalized spacial score (nSPS) is 19.3. The van der Waals surface area contributed by atoms with Crippen molar-refractivity contribution in [3.8, 4) is 0 Å². The van der Waals surface area contributed by atoms with E-state index in [9.17, 15) is 4.39 Å². The van der Waals surface area contributed by atoms with Crippen molar-refractivity contribution >= 4 is 5.82 Å². The summed E-state index contributed by atoms with van der Waals surface area (Å²) < 4.78 is 20.6. The monoisotopic (exact) mass is 276 g/mol. The zero-order valence-corrected chi connectivity index (χ0v) is 11.4. The first-order valence-electron chi connectivity index (χ1n) is 6.76. The molecule has 0 radical (unpaired) electrons. The van der Waals surface area contributed by atoms with E-state index in [0.29, 0.717) is 13.2 Å². The smallest absolute Gasteiger partial charge is 0.141 e. The molecular formula is C14H17FN4O. The molecule has 3 heterocycles. The van der Waals surface area contributed by atoms with Gasteiger partial charge in [-0.1, -0.05) is 0 Å². The van der Waals surface area contributed by atoms with Crippen LogP contribution in [0.15, 0.2) is 30.7 Å². The fourth-order valence-electron chi connectivity index (χ4n) is 2.33. The van der Waals surface area contributed by atoms with Crippen LogP contribution in [0.2, 0.25) is 0 Å². The molecule has 0 bridgehead atoms. The van der Waals surface area contributed by atoms with Gasteiger partial charge in [0.2, 0.25) is 0 Å². The summed E-state index contributed by atoms with van der Waals surface area (Å²) in [6.45, 7) is 4.98. The van der Waals surface area contributed by atoms with Crippen LogP contribution in [0.1, 0.15) is 18.6 Å². The highest BCUT2D eigenvalue weighted by molar-refractivity contribution is 5.39. The third kappa shape index (κ3) is 2.65. The van der Waals surface area contributed by atoms with Crippen LogP contribution in [0.4, 0.5) is 10.2 Å². The lowest BCUT2D eigenvalue weighted by Gasteiger charge is -2.33. The zero-order valence-electron chi connectivity index (χ0n) is 11.4. The Morgan fingerprint density at radius 2 is 2.30 bits per heavy atom. The molecule has 20 heavy (non-hydrogen) atoms. The van der Waals surface area contributed by atoms with Gasteiger partial charge >= 0.3 is 0 Å². The number of nitrogens with zero attached hydrogens (tertiary/aromatic N) is 4. The molecular weight excluding hydrogens is 259 g/mol. The van der Waals surface area contributed by atoms with Crippen LogP contribution in [-0.4, -0.2) is 34.5 Å². The fraction of sp³-hybridized carbons (Fsp3) is 0.429. The average Bonchev–Trinajstić information content (AvgIpc) is 2.97. The largest absolute Gasteiger partial charge is 0.370 e. The summed E-state index contributed by atoms with van der Waals surface area (Å²) in [4.78, 5) is 6.23. The van der Waals surface area contributed by atoms with E-state index in [2.05, 4.69) is 15.0 Å². The van der Waals surface area contributed by atoms with E-state index in [1.54, 1.807) is 6.07 Å². The first-order valence-corrected chi connectivity index (χ1v) is 6.76. The molecule has 106 valence electrons. The van der Waals surface area contributed by atoms with Crippen molar-refractivity contribution in [2.75, 3.05) is 24.6 Å². The van der Waals surface area contributed by atoms with Crippen LogP contribution in [0.3, 0.4) is 0 Å². The molecule has 2 aromatic heterocycles. The number of anilines is 1. The van der Waals surface area contributed by atoms with Crippen LogP contribution in [0.25, 0.3) is 0 Å². The molecule has 1 fully saturated rings. The van der Waals surface area contributed by atoms with Crippen LogP contribution in [0, 0.1) is 5.82 Å². The van der Waals surface area contributed by atoms with Crippen molar-refractivity contribution in [3.05, 3.63) is 42.1 Å². The standard InChI is InChI=1S/C14H17FN4O/c1-2-19-9-11(7-17-19)13-10-18(5-6-20-13)14-4-3-12(15)8-16-14/h3-4,7-9,13H,2,5-6,10H2,1H3/t13-/m0/s1. The van der Waals surface area contributed by atoms with Gasteiger partial charge in [0, 0.05) is 31.4 Å². The summed E-state index contributed by atoms with van der Waals surface area (Å²) in [6.07, 6.45) is 5.08. The maximum atomic E-state index is 12.9. The highest BCUT2D eigenvalue weighted by Gasteiger charge is 2.24. The summed E-state index contributed by atoms with van der Waals surface area (Å²) in [6, 6.07) is 3.13. The molecule has 1 atom stereocenters. The number of aryl methyl sites for hydroxylation is 1. The lowest BCUT2D eigenvalue weighted by molar-refractivity contribution is 0.0394. The number of morpholine rings is 1. The second-order valence-corrected chi connectivity index (χ2v) is 4.77. The maximum Gasteiger partial charge on any atom is 0.141 e. The second-order valence-electron chi connectivity index (χ2n) is 4.77. The van der Waals surface area contributed by atoms with Crippen molar-refractivity contribution in [3.63, 3.8) is 0 Å². The molecule has 0 unspecified atom stereocenters. The van der Waals surface area contributed by atoms with Crippen LogP contribution in [-0.2, 0) is 11.3 Å². The van der Waals surface area contributed by atoms with E-state index in [1.165, 1.54) is 12.3 Å². The topological polar surface area (TPSA) is 43.2 Å². The van der Waals surface area contributed by atoms with Crippen molar-refractivity contribution < 1.29 is 9.13 Å². The summed E-state index contributed by atoms with van der Waals surface area (Å²) in [7, 11) is 0. The Morgan fingerprint density at radius 3 is 3.00 bits per heavy atom. The third-order valence-corrected chi connectivity index (χ3v) is 3.45. The van der Waals surface area contributed by atoms with E-state index < -0.39 is 0 Å². The minimum atomic E-state index is -0.317. The Balaban J connectivity index is 1.74. The van der Waals surface area contributed by atoms with Gasteiger partial charge in [0.05, 0.1) is 19.0 Å². The lowest BCUT2D eigenvalue weighted by atomic mass is 10.1. The number of hydrogen-bond acceptors (Lipinski definition) is 4. The maximum absolute atomic E-state index is 12.9. The van der Waals surface area contributed by atoms with Gasteiger partial charge in [-0.05, 0) is 19.1 Å². The van der Waals surface area contributed by atoms with E-state index in [1.807, 2.05) is 24.0 Å². The van der Waals surface area contributed by atoms with E-state index in [4.69, 9.17) is 4.74 Å². The van der Waals surface area contributed by atoms with Gasteiger partial charge in [0.25, 0.3) is 0 Å². The minimum Gasteiger partial charge on any atom is -0.370 e. The second kappa shape index (κ2) is 5.58. The molecule has 5 nitrogen and oxygen atoms in total. The molecule has 0 saturated carbocycles. The lowest BCUT2D eigenvalue weighted by Crippen LogP contribution is -2.38. The number of aromatic nitrogens is 3. The van der Waals surface area contributed by atoms with E-state index in [0.717, 1.165) is 24.5 Å². The van der Waals surface area contributed by atoms with Crippen molar-refractivity contribution in [2.45, 2.75) is 19.6 Å².